The molecule has 0 saturated carbocycles. The number of para-hydroxylation sites is 1. The van der Waals surface area contributed by atoms with Gasteiger partial charge in [-0.05, 0) is 75.5 Å². The van der Waals surface area contributed by atoms with Crippen LogP contribution in [0.5, 0.6) is 0 Å². The van der Waals surface area contributed by atoms with Crippen LogP contribution >= 0.6 is 11.9 Å². The number of rotatable bonds is 14. The first-order valence-corrected chi connectivity index (χ1v) is 17.9. The minimum Gasteiger partial charge on any atom is -0.481 e. The Balaban J connectivity index is 1.43. The molecule has 0 unspecified atom stereocenters. The quantitative estimate of drug-likeness (QED) is 0.0953. The summed E-state index contributed by atoms with van der Waals surface area (Å²) in [7, 11) is 0.0745. The molecule has 0 aliphatic carbocycles. The minimum absolute atomic E-state index is 0.174. The number of fused-ring (bicyclic) bond motifs is 2. The van der Waals surface area contributed by atoms with E-state index < -0.39 is 16.1 Å². The van der Waals surface area contributed by atoms with Crippen molar-refractivity contribution in [1.82, 2.24) is 4.31 Å². The lowest BCUT2D eigenvalue weighted by molar-refractivity contribution is -0.401. The number of hydrogen-bond donors (Lipinski definition) is 2. The van der Waals surface area contributed by atoms with Crippen LogP contribution in [-0.2, 0) is 25.7 Å². The molecule has 0 amide bonds. The highest BCUT2D eigenvalue weighted by atomic mass is 32.2. The second kappa shape index (κ2) is 14.5. The number of carboxylic acids is 1. The fraction of sp³-hybridized carbons (Fsp3) is 0.389. The van der Waals surface area contributed by atoms with E-state index in [9.17, 15) is 17.8 Å². The molecular formula is C36H46N3O5S2+. The summed E-state index contributed by atoms with van der Waals surface area (Å²) in [4.78, 5) is 14.1. The van der Waals surface area contributed by atoms with Gasteiger partial charge in [0.2, 0.25) is 5.69 Å². The normalized spacial score (nSPS) is 18.2. The molecule has 2 aliphatic rings. The average Bonchev–Trinajstić information content (AvgIpc) is 3.29. The van der Waals surface area contributed by atoms with Crippen LogP contribution in [0.4, 0.5) is 11.4 Å². The molecule has 0 fully saturated rings. The molecule has 2 heterocycles. The molecular weight excluding hydrogens is 619 g/mol. The Hall–Kier alpha value is -3.44. The van der Waals surface area contributed by atoms with Crippen molar-refractivity contribution in [2.45, 2.75) is 62.7 Å². The van der Waals surface area contributed by atoms with Crippen LogP contribution in [0, 0.1) is 0 Å². The van der Waals surface area contributed by atoms with Gasteiger partial charge in [0, 0.05) is 58.9 Å². The van der Waals surface area contributed by atoms with Gasteiger partial charge >= 0.3 is 5.97 Å². The number of hydrogen-bond acceptors (Lipinski definition) is 6. The summed E-state index contributed by atoms with van der Waals surface area (Å²) >= 11 is 1.64. The van der Waals surface area contributed by atoms with Crippen molar-refractivity contribution in [3.8, 4) is 0 Å². The van der Waals surface area contributed by atoms with Crippen molar-refractivity contribution < 1.29 is 27.4 Å². The van der Waals surface area contributed by atoms with Gasteiger partial charge in [-0.25, -0.2) is 4.31 Å². The smallest absolute Gasteiger partial charge is 0.303 e. The molecule has 0 saturated heterocycles. The van der Waals surface area contributed by atoms with E-state index in [0.717, 1.165) is 16.3 Å². The summed E-state index contributed by atoms with van der Waals surface area (Å²) in [5.41, 5.74) is 6.54. The molecule has 0 atom stereocenters. The molecule has 10 heteroatoms. The Labute approximate surface area is 278 Å². The third-order valence-electron chi connectivity index (χ3n) is 8.67. The lowest BCUT2D eigenvalue weighted by atomic mass is 9.81. The first-order chi connectivity index (χ1) is 21.6. The van der Waals surface area contributed by atoms with Crippen LogP contribution in [0.25, 0.3) is 0 Å². The van der Waals surface area contributed by atoms with Gasteiger partial charge in [0.25, 0.3) is 10.1 Å². The van der Waals surface area contributed by atoms with Crippen molar-refractivity contribution >= 4 is 45.1 Å². The van der Waals surface area contributed by atoms with Crippen molar-refractivity contribution in [2.24, 2.45) is 0 Å². The van der Waals surface area contributed by atoms with Gasteiger partial charge in [-0.15, -0.1) is 0 Å². The lowest BCUT2D eigenvalue weighted by Crippen LogP contribution is -2.28. The van der Waals surface area contributed by atoms with Gasteiger partial charge < -0.3 is 10.0 Å². The SMILES string of the molecule is CN(CCCC(=O)O)Sc1ccc2c(c1)C(C)(C)C(/C=C/C=C/C=C/C=C1/N(CCCS(=O)(=O)O)c3ccccc3C1(C)C)=[N+]2C. The molecule has 8 nitrogen and oxygen atoms in total. The van der Waals surface area contributed by atoms with Crippen LogP contribution in [0.1, 0.15) is 58.1 Å². The minimum atomic E-state index is -4.01. The van der Waals surface area contributed by atoms with E-state index in [1.165, 1.54) is 22.5 Å². The lowest BCUT2D eigenvalue weighted by Gasteiger charge is -2.27. The molecule has 2 N–H and O–H groups in total. The van der Waals surface area contributed by atoms with E-state index in [0.29, 0.717) is 25.9 Å². The molecule has 0 bridgehead atoms. The average molecular weight is 665 g/mol. The predicted molar refractivity (Wildman–Crippen MR) is 189 cm³/mol. The largest absolute Gasteiger partial charge is 0.481 e. The monoisotopic (exact) mass is 664 g/mol. The summed E-state index contributed by atoms with van der Waals surface area (Å²) in [6.45, 7) is 10.0. The van der Waals surface area contributed by atoms with Crippen LogP contribution in [0.3, 0.4) is 0 Å². The zero-order valence-electron chi connectivity index (χ0n) is 27.6. The summed E-state index contributed by atoms with van der Waals surface area (Å²) in [6.07, 6.45) is 15.4. The molecule has 0 aromatic heterocycles. The molecule has 46 heavy (non-hydrogen) atoms. The van der Waals surface area contributed by atoms with Crippen LogP contribution in [0.2, 0.25) is 0 Å². The third kappa shape index (κ3) is 8.28. The second-order valence-corrected chi connectivity index (χ2v) is 15.7. The van der Waals surface area contributed by atoms with Gasteiger partial charge in [-0.1, -0.05) is 62.4 Å². The molecule has 4 rings (SSSR count). The van der Waals surface area contributed by atoms with Crippen LogP contribution in [0.15, 0.2) is 95.6 Å². The maximum atomic E-state index is 11.3. The van der Waals surface area contributed by atoms with Gasteiger partial charge in [-0.2, -0.15) is 13.0 Å². The number of anilines is 1. The molecule has 2 aromatic carbocycles. The van der Waals surface area contributed by atoms with Crippen molar-refractivity contribution in [3.05, 3.63) is 102 Å². The number of carbonyl (C=O) groups is 1. The van der Waals surface area contributed by atoms with Crippen molar-refractivity contribution in [2.75, 3.05) is 37.8 Å². The highest BCUT2D eigenvalue weighted by Crippen LogP contribution is 2.47. The first-order valence-electron chi connectivity index (χ1n) is 15.5. The predicted octanol–water partition coefficient (Wildman–Crippen LogP) is 7.12. The topological polar surface area (TPSA) is 101 Å². The number of carboxylic acid groups (broad SMARTS) is 1. The molecule has 0 radical (unpaired) electrons. The molecule has 0 spiro atoms. The van der Waals surface area contributed by atoms with E-state index in [4.69, 9.17) is 5.11 Å². The highest BCUT2D eigenvalue weighted by molar-refractivity contribution is 7.97. The Morgan fingerprint density at radius 1 is 0.978 bits per heavy atom. The van der Waals surface area contributed by atoms with Gasteiger partial charge in [0.05, 0.1) is 11.2 Å². The zero-order valence-corrected chi connectivity index (χ0v) is 29.2. The highest BCUT2D eigenvalue weighted by Gasteiger charge is 2.43. The Kier molecular flexibility index (Phi) is 11.2. The molecule has 246 valence electrons. The molecule has 2 aliphatic heterocycles. The van der Waals surface area contributed by atoms with E-state index in [2.05, 4.69) is 97.1 Å². The third-order valence-corrected chi connectivity index (χ3v) is 10.4. The Morgan fingerprint density at radius 3 is 2.39 bits per heavy atom. The van der Waals surface area contributed by atoms with Crippen molar-refractivity contribution in [1.29, 1.82) is 0 Å². The van der Waals surface area contributed by atoms with E-state index in [-0.39, 0.29) is 23.0 Å². The Bertz CT molecular complexity index is 1720. The molecule has 2 aromatic rings. The standard InChI is InChI=1S/C36H45N3O5S2/c1-35(2)28-16-12-13-17-31(28)39(24-15-25-46(42,43)44)33(35)19-11-9-7-8-10-18-32-36(3,4)29-26-27(21-22-30(29)38(32)6)45-37(5)23-14-20-34(40)41/h7-13,16-19,21-22,26H,14-15,20,23-25H2,1-6H3,(H-,40,41,42,43,44)/p+1. The van der Waals surface area contributed by atoms with Crippen molar-refractivity contribution in [3.63, 3.8) is 0 Å². The fourth-order valence-electron chi connectivity index (χ4n) is 6.32. The van der Waals surface area contributed by atoms with Gasteiger partial charge in [-0.3, -0.25) is 9.35 Å². The van der Waals surface area contributed by atoms with Crippen LogP contribution < -0.4 is 4.90 Å². The van der Waals surface area contributed by atoms with E-state index in [1.54, 1.807) is 11.9 Å². The summed E-state index contributed by atoms with van der Waals surface area (Å²) < 4.78 is 36.2. The Morgan fingerprint density at radius 2 is 1.67 bits per heavy atom. The zero-order chi connectivity index (χ0) is 33.7. The van der Waals surface area contributed by atoms with E-state index in [1.807, 2.05) is 43.5 Å². The number of aliphatic carboxylic acids is 1. The van der Waals surface area contributed by atoms with Gasteiger partial charge in [0.15, 0.2) is 5.71 Å². The summed E-state index contributed by atoms with van der Waals surface area (Å²) in [5.74, 6) is -1.03. The van der Waals surface area contributed by atoms with E-state index >= 15 is 0 Å². The second-order valence-electron chi connectivity index (χ2n) is 12.8. The van der Waals surface area contributed by atoms with Crippen LogP contribution in [-0.4, -0.2) is 71.6 Å². The number of allylic oxidation sites excluding steroid dienone is 8. The van der Waals surface area contributed by atoms with Gasteiger partial charge in [0.1, 0.15) is 7.05 Å². The maximum absolute atomic E-state index is 11.3. The summed E-state index contributed by atoms with van der Waals surface area (Å²) in [6, 6.07) is 14.7. The first kappa shape index (κ1) is 35.4. The number of benzene rings is 2. The number of nitrogens with zero attached hydrogens (tertiary/aromatic N) is 3. The maximum Gasteiger partial charge on any atom is 0.303 e. The fourth-order valence-corrected chi connectivity index (χ4v) is 7.70. The summed E-state index contributed by atoms with van der Waals surface area (Å²) in [5, 5.41) is 8.91.